The number of nitrogens with one attached hydrogen (secondary N) is 1. The molecular formula is C18H25N5O2. The van der Waals surface area contributed by atoms with E-state index in [0.29, 0.717) is 11.2 Å². The highest BCUT2D eigenvalue weighted by Crippen LogP contribution is 2.34. The highest BCUT2D eigenvalue weighted by atomic mass is 16.2. The maximum Gasteiger partial charge on any atom is 0.256 e. The van der Waals surface area contributed by atoms with Crippen LogP contribution in [-0.4, -0.2) is 44.9 Å². The molecule has 7 nitrogen and oxygen atoms in total. The summed E-state index contributed by atoms with van der Waals surface area (Å²) in [4.78, 5) is 31.2. The number of aromatic nitrogens is 3. The average molecular weight is 343 g/mol. The summed E-state index contributed by atoms with van der Waals surface area (Å²) in [5.74, 6) is -0.0771. The van der Waals surface area contributed by atoms with Gasteiger partial charge in [0.2, 0.25) is 5.91 Å². The minimum atomic E-state index is -0.431. The lowest BCUT2D eigenvalue weighted by Crippen LogP contribution is -2.44. The van der Waals surface area contributed by atoms with E-state index >= 15 is 0 Å². The Kier molecular flexibility index (Phi) is 4.49. The van der Waals surface area contributed by atoms with Crippen molar-refractivity contribution in [2.75, 3.05) is 13.6 Å². The smallest absolute Gasteiger partial charge is 0.256 e. The second-order valence-corrected chi connectivity index (χ2v) is 7.50. The molecule has 0 radical (unpaired) electrons. The average Bonchev–Trinajstić information content (AvgIpc) is 3.03. The lowest BCUT2D eigenvalue weighted by molar-refractivity contribution is -0.143. The van der Waals surface area contributed by atoms with Gasteiger partial charge in [-0.15, -0.1) is 0 Å². The van der Waals surface area contributed by atoms with E-state index in [1.54, 1.807) is 17.8 Å². The van der Waals surface area contributed by atoms with Gasteiger partial charge in [-0.3, -0.25) is 9.59 Å². The third-order valence-electron chi connectivity index (χ3n) is 4.65. The van der Waals surface area contributed by atoms with Gasteiger partial charge in [-0.05, 0) is 25.3 Å². The van der Waals surface area contributed by atoms with Crippen molar-refractivity contribution >= 4 is 17.5 Å². The van der Waals surface area contributed by atoms with Crippen LogP contribution in [0.1, 0.15) is 62.1 Å². The predicted octanol–water partition coefficient (Wildman–Crippen LogP) is 2.19. The molecule has 1 fully saturated rings. The van der Waals surface area contributed by atoms with Crippen molar-refractivity contribution in [1.82, 2.24) is 24.8 Å². The third-order valence-corrected chi connectivity index (χ3v) is 4.65. The molecule has 1 aliphatic rings. The monoisotopic (exact) mass is 343 g/mol. The zero-order valence-corrected chi connectivity index (χ0v) is 15.2. The van der Waals surface area contributed by atoms with Crippen LogP contribution in [0.5, 0.6) is 0 Å². The van der Waals surface area contributed by atoms with Crippen LogP contribution in [0.25, 0.3) is 5.65 Å². The Balaban J connectivity index is 2.06. The number of carbonyl (C=O) groups excluding carboxylic acids is 2. The molecule has 3 rings (SSSR count). The minimum absolute atomic E-state index is 0.0524. The summed E-state index contributed by atoms with van der Waals surface area (Å²) in [5.41, 5.74) is 1.43. The summed E-state index contributed by atoms with van der Waals surface area (Å²) < 4.78 is 1.70. The second-order valence-electron chi connectivity index (χ2n) is 7.50. The molecule has 0 aromatic carbocycles. The van der Waals surface area contributed by atoms with E-state index in [4.69, 9.17) is 0 Å². The lowest BCUT2D eigenvalue weighted by Gasteiger charge is -2.39. The van der Waals surface area contributed by atoms with E-state index < -0.39 is 5.41 Å². The van der Waals surface area contributed by atoms with Gasteiger partial charge in [0, 0.05) is 25.2 Å². The molecule has 1 saturated heterocycles. The molecule has 25 heavy (non-hydrogen) atoms. The summed E-state index contributed by atoms with van der Waals surface area (Å²) in [6, 6.07) is 1.84. The van der Waals surface area contributed by atoms with Crippen molar-refractivity contribution in [2.45, 2.75) is 46.1 Å². The van der Waals surface area contributed by atoms with Gasteiger partial charge < -0.3 is 10.2 Å². The van der Waals surface area contributed by atoms with Crippen molar-refractivity contribution < 1.29 is 9.59 Å². The highest BCUT2D eigenvalue weighted by molar-refractivity contribution is 5.99. The quantitative estimate of drug-likeness (QED) is 0.906. The van der Waals surface area contributed by atoms with Crippen molar-refractivity contribution in [3.8, 4) is 0 Å². The molecule has 134 valence electrons. The number of amides is 2. The van der Waals surface area contributed by atoms with E-state index in [9.17, 15) is 9.59 Å². The molecule has 3 heterocycles. The van der Waals surface area contributed by atoms with Gasteiger partial charge in [0.1, 0.15) is 5.56 Å². The van der Waals surface area contributed by atoms with E-state index in [1.165, 1.54) is 6.20 Å². The Labute approximate surface area is 147 Å². The first-order valence-electron chi connectivity index (χ1n) is 8.70. The van der Waals surface area contributed by atoms with E-state index in [0.717, 1.165) is 31.5 Å². The first-order chi connectivity index (χ1) is 11.8. The second kappa shape index (κ2) is 6.46. The third kappa shape index (κ3) is 3.10. The number of carbonyl (C=O) groups is 2. The van der Waals surface area contributed by atoms with Crippen LogP contribution in [-0.2, 0) is 4.79 Å². The molecule has 2 aromatic heterocycles. The van der Waals surface area contributed by atoms with Gasteiger partial charge in [0.05, 0.1) is 17.9 Å². The molecule has 0 aliphatic carbocycles. The summed E-state index contributed by atoms with van der Waals surface area (Å²) in [7, 11) is 1.58. The molecule has 1 unspecified atom stereocenters. The van der Waals surface area contributed by atoms with Crippen LogP contribution in [0.4, 0.5) is 0 Å². The largest absolute Gasteiger partial charge is 0.355 e. The fraction of sp³-hybridized carbons (Fsp3) is 0.556. The van der Waals surface area contributed by atoms with Crippen LogP contribution in [0, 0.1) is 5.41 Å². The first kappa shape index (κ1) is 17.4. The lowest BCUT2D eigenvalue weighted by atomic mass is 9.90. The van der Waals surface area contributed by atoms with Crippen molar-refractivity contribution in [1.29, 1.82) is 0 Å². The fourth-order valence-corrected chi connectivity index (χ4v) is 3.37. The topological polar surface area (TPSA) is 79.6 Å². The number of nitrogens with zero attached hydrogens (tertiary/aromatic N) is 4. The number of fused-ring (bicyclic) bond motifs is 1. The molecular weight excluding hydrogens is 318 g/mol. The highest BCUT2D eigenvalue weighted by Gasteiger charge is 2.35. The van der Waals surface area contributed by atoms with Crippen LogP contribution in [0.15, 0.2) is 18.5 Å². The van der Waals surface area contributed by atoms with E-state index in [2.05, 4.69) is 15.4 Å². The number of likely N-dealkylation sites (tertiary alicyclic amines) is 1. The van der Waals surface area contributed by atoms with Crippen molar-refractivity contribution in [3.05, 3.63) is 29.7 Å². The number of hydrogen-bond donors (Lipinski definition) is 1. The normalized spacial score (nSPS) is 18.4. The van der Waals surface area contributed by atoms with Crippen LogP contribution >= 0.6 is 0 Å². The Bertz CT molecular complexity index is 805. The van der Waals surface area contributed by atoms with Gasteiger partial charge in [-0.25, -0.2) is 9.50 Å². The summed E-state index contributed by atoms with van der Waals surface area (Å²) >= 11 is 0. The summed E-state index contributed by atoms with van der Waals surface area (Å²) in [6.45, 7) is 6.58. The van der Waals surface area contributed by atoms with Crippen molar-refractivity contribution in [3.63, 3.8) is 0 Å². The van der Waals surface area contributed by atoms with Crippen LogP contribution < -0.4 is 5.32 Å². The zero-order valence-electron chi connectivity index (χ0n) is 15.2. The molecule has 0 spiro atoms. The summed E-state index contributed by atoms with van der Waals surface area (Å²) in [5, 5.41) is 6.98. The zero-order chi connectivity index (χ0) is 18.2. The van der Waals surface area contributed by atoms with Gasteiger partial charge in [0.25, 0.3) is 5.91 Å². The van der Waals surface area contributed by atoms with E-state index in [-0.39, 0.29) is 17.9 Å². The standard InChI is InChI=1S/C18H25N5O2/c1-18(2,3)17(25)22-10-6-5-7-13(22)14-8-9-20-15-12(16(24)19-4)11-21-23(14)15/h8-9,11,13H,5-7,10H2,1-4H3,(H,19,24). The Hall–Kier alpha value is -2.44. The molecule has 1 atom stereocenters. The molecule has 0 bridgehead atoms. The van der Waals surface area contributed by atoms with Gasteiger partial charge in [-0.1, -0.05) is 20.8 Å². The molecule has 1 N–H and O–H groups in total. The number of rotatable bonds is 2. The first-order valence-corrected chi connectivity index (χ1v) is 8.70. The Morgan fingerprint density at radius 3 is 2.72 bits per heavy atom. The van der Waals surface area contributed by atoms with Crippen molar-refractivity contribution in [2.24, 2.45) is 5.41 Å². The van der Waals surface area contributed by atoms with Crippen LogP contribution in [0.2, 0.25) is 0 Å². The minimum Gasteiger partial charge on any atom is -0.355 e. The fourth-order valence-electron chi connectivity index (χ4n) is 3.37. The molecule has 2 aromatic rings. The Morgan fingerprint density at radius 1 is 1.28 bits per heavy atom. The predicted molar refractivity (Wildman–Crippen MR) is 94.1 cm³/mol. The number of hydrogen-bond acceptors (Lipinski definition) is 4. The molecule has 7 heteroatoms. The number of piperidine rings is 1. The molecule has 2 amide bonds. The van der Waals surface area contributed by atoms with Gasteiger partial charge in [-0.2, -0.15) is 5.10 Å². The Morgan fingerprint density at radius 2 is 2.04 bits per heavy atom. The summed E-state index contributed by atoms with van der Waals surface area (Å²) in [6.07, 6.45) is 6.17. The maximum atomic E-state index is 12.9. The maximum absolute atomic E-state index is 12.9. The molecule has 1 aliphatic heterocycles. The molecule has 0 saturated carbocycles. The SMILES string of the molecule is CNC(=O)c1cnn2c(C3CCCCN3C(=O)C(C)(C)C)ccnc12. The van der Waals surface area contributed by atoms with E-state index in [1.807, 2.05) is 31.7 Å². The van der Waals surface area contributed by atoms with Gasteiger partial charge >= 0.3 is 0 Å². The van der Waals surface area contributed by atoms with Gasteiger partial charge in [0.15, 0.2) is 5.65 Å². The van der Waals surface area contributed by atoms with Crippen LogP contribution in [0.3, 0.4) is 0 Å².